The van der Waals surface area contributed by atoms with Gasteiger partial charge in [0.1, 0.15) is 5.75 Å². The van der Waals surface area contributed by atoms with Gasteiger partial charge in [0.25, 0.3) is 5.91 Å². The number of carbonyl (C=O) groups excluding carboxylic acids is 2. The van der Waals surface area contributed by atoms with Gasteiger partial charge in [0, 0.05) is 61.1 Å². The molecule has 3 N–H and O–H groups in total. The second-order valence-electron chi connectivity index (χ2n) is 9.94. The highest BCUT2D eigenvalue weighted by molar-refractivity contribution is 5.95. The summed E-state index contributed by atoms with van der Waals surface area (Å²) in [6.07, 6.45) is 7.44. The molecule has 0 spiro atoms. The summed E-state index contributed by atoms with van der Waals surface area (Å²) in [5.74, 6) is 0.387. The molecule has 2 unspecified atom stereocenters. The number of nitrogens with zero attached hydrogens (tertiary/aromatic N) is 1. The quantitative estimate of drug-likeness (QED) is 0.236. The number of unbranched alkanes of at least 4 members (excludes halogenated alkanes) is 1. The number of aromatic nitrogens is 2. The molecule has 9 nitrogen and oxygen atoms in total. The summed E-state index contributed by atoms with van der Waals surface area (Å²) in [5.41, 5.74) is 3.85. The maximum atomic E-state index is 13.3. The van der Waals surface area contributed by atoms with Crippen LogP contribution in [0.5, 0.6) is 5.75 Å². The largest absolute Gasteiger partial charge is 0.497 e. The Labute approximate surface area is 232 Å². The molecule has 0 radical (unpaired) electrons. The van der Waals surface area contributed by atoms with Gasteiger partial charge in [-0.1, -0.05) is 18.2 Å². The minimum absolute atomic E-state index is 0.0804. The lowest BCUT2D eigenvalue weighted by Crippen LogP contribution is -2.34. The van der Waals surface area contributed by atoms with Crippen molar-refractivity contribution in [2.75, 3.05) is 26.9 Å². The normalized spacial score (nSPS) is 17.0. The molecule has 210 valence electrons. The van der Waals surface area contributed by atoms with Crippen molar-refractivity contribution in [2.24, 2.45) is 0 Å². The molecule has 4 aromatic rings. The number of amides is 1. The van der Waals surface area contributed by atoms with Crippen LogP contribution in [0.1, 0.15) is 48.0 Å². The summed E-state index contributed by atoms with van der Waals surface area (Å²) >= 11 is 0. The third-order valence-electron chi connectivity index (χ3n) is 7.27. The molecule has 1 aliphatic rings. The van der Waals surface area contributed by atoms with E-state index in [1.807, 2.05) is 60.9 Å². The van der Waals surface area contributed by atoms with E-state index in [-0.39, 0.29) is 30.1 Å². The Morgan fingerprint density at radius 3 is 2.83 bits per heavy atom. The number of allylic oxidation sites excluding steroid dienone is 1. The smallest absolute Gasteiger partial charge is 0.286 e. The zero-order valence-electron chi connectivity index (χ0n) is 22.8. The number of ether oxygens (including phenoxy) is 3. The Balaban J connectivity index is 1.34. The van der Waals surface area contributed by atoms with E-state index in [1.165, 1.54) is 6.92 Å². The molecule has 9 heteroatoms. The molecule has 0 saturated carbocycles. The Morgan fingerprint density at radius 1 is 1.18 bits per heavy atom. The van der Waals surface area contributed by atoms with Crippen molar-refractivity contribution in [2.45, 2.75) is 44.8 Å². The molecule has 1 aliphatic heterocycles. The number of aliphatic hydroxyl groups excluding tert-OH is 1. The van der Waals surface area contributed by atoms with E-state index in [0.717, 1.165) is 38.7 Å². The molecule has 3 heterocycles. The fourth-order valence-electron chi connectivity index (χ4n) is 5.21. The van der Waals surface area contributed by atoms with Crippen molar-refractivity contribution >= 4 is 33.6 Å². The molecule has 0 bridgehead atoms. The van der Waals surface area contributed by atoms with Gasteiger partial charge < -0.3 is 29.6 Å². The van der Waals surface area contributed by atoms with Gasteiger partial charge in [-0.2, -0.15) is 0 Å². The van der Waals surface area contributed by atoms with Crippen molar-refractivity contribution < 1.29 is 28.9 Å². The third kappa shape index (κ3) is 5.90. The Kier molecular flexibility index (Phi) is 8.52. The highest BCUT2D eigenvalue weighted by atomic mass is 16.7. The molecular formula is C31H35N3O6. The van der Waals surface area contributed by atoms with Crippen molar-refractivity contribution in [1.29, 1.82) is 0 Å². The van der Waals surface area contributed by atoms with E-state index >= 15 is 0 Å². The van der Waals surface area contributed by atoms with Gasteiger partial charge in [0.15, 0.2) is 5.76 Å². The number of benzene rings is 2. The van der Waals surface area contributed by atoms with Gasteiger partial charge in [-0.15, -0.1) is 0 Å². The zero-order chi connectivity index (χ0) is 28.1. The first-order chi connectivity index (χ1) is 19.5. The van der Waals surface area contributed by atoms with E-state index in [4.69, 9.17) is 19.3 Å². The van der Waals surface area contributed by atoms with Crippen LogP contribution in [0.2, 0.25) is 0 Å². The van der Waals surface area contributed by atoms with Crippen LogP contribution in [0.4, 0.5) is 0 Å². The van der Waals surface area contributed by atoms with Gasteiger partial charge in [0.2, 0.25) is 12.2 Å². The molecule has 2 aromatic carbocycles. The van der Waals surface area contributed by atoms with Crippen LogP contribution in [0, 0.1) is 0 Å². The summed E-state index contributed by atoms with van der Waals surface area (Å²) < 4.78 is 19.0. The van der Waals surface area contributed by atoms with Gasteiger partial charge in [-0.3, -0.25) is 14.2 Å². The van der Waals surface area contributed by atoms with E-state index in [2.05, 4.69) is 10.3 Å². The predicted molar refractivity (Wildman–Crippen MR) is 152 cm³/mol. The summed E-state index contributed by atoms with van der Waals surface area (Å²) in [4.78, 5) is 28.9. The van der Waals surface area contributed by atoms with Gasteiger partial charge >= 0.3 is 0 Å². The van der Waals surface area contributed by atoms with E-state index in [1.54, 1.807) is 11.7 Å². The standard InChI is InChI=1S/C31H35N3O6/c1-20(36)34-19-26(24-7-3-4-8-28(24)34)22-15-29(40-30(16-22)39-14-6-5-13-35)31(37)32-12-11-21-18-33-27-10-9-23(38-2)17-25(21)27/h3-4,7-10,15,17-19,22,30,33,35H,5-6,11-14,16H2,1-2H3,(H,32,37). The first-order valence-corrected chi connectivity index (χ1v) is 13.6. The van der Waals surface area contributed by atoms with Crippen molar-refractivity contribution in [3.63, 3.8) is 0 Å². The molecule has 0 fully saturated rings. The molecule has 40 heavy (non-hydrogen) atoms. The number of carbonyl (C=O) groups is 2. The number of rotatable bonds is 11. The van der Waals surface area contributed by atoms with E-state index < -0.39 is 6.29 Å². The first kappa shape index (κ1) is 27.5. The lowest BCUT2D eigenvalue weighted by atomic mass is 9.92. The number of hydrogen-bond acceptors (Lipinski definition) is 6. The van der Waals surface area contributed by atoms with Crippen LogP contribution in [0.3, 0.4) is 0 Å². The third-order valence-corrected chi connectivity index (χ3v) is 7.27. The molecule has 0 aliphatic carbocycles. The van der Waals surface area contributed by atoms with Crippen LogP contribution in [0.25, 0.3) is 21.8 Å². The van der Waals surface area contributed by atoms with Crippen LogP contribution in [0.15, 0.2) is 66.7 Å². The molecule has 1 amide bonds. The van der Waals surface area contributed by atoms with Crippen molar-refractivity contribution in [1.82, 2.24) is 14.9 Å². The second kappa shape index (κ2) is 12.4. The zero-order valence-corrected chi connectivity index (χ0v) is 22.8. The maximum Gasteiger partial charge on any atom is 0.286 e. The van der Waals surface area contributed by atoms with Crippen molar-refractivity contribution in [3.8, 4) is 5.75 Å². The minimum Gasteiger partial charge on any atom is -0.497 e. The summed E-state index contributed by atoms with van der Waals surface area (Å²) in [5, 5.41) is 14.1. The molecule has 2 aromatic heterocycles. The number of fused-ring (bicyclic) bond motifs is 2. The first-order valence-electron chi connectivity index (χ1n) is 13.6. The van der Waals surface area contributed by atoms with Gasteiger partial charge in [-0.25, -0.2) is 0 Å². The number of H-pyrrole nitrogens is 1. The summed E-state index contributed by atoms with van der Waals surface area (Å²) in [7, 11) is 1.64. The number of hydrogen-bond donors (Lipinski definition) is 3. The van der Waals surface area contributed by atoms with Gasteiger partial charge in [0.05, 0.1) is 19.2 Å². The molecule has 0 saturated heterocycles. The molecule has 2 atom stereocenters. The molecule has 5 rings (SSSR count). The minimum atomic E-state index is -0.630. The van der Waals surface area contributed by atoms with E-state index in [9.17, 15) is 9.59 Å². The fraction of sp³-hybridized carbons (Fsp3) is 0.355. The number of aromatic amines is 1. The highest BCUT2D eigenvalue weighted by Gasteiger charge is 2.30. The van der Waals surface area contributed by atoms with Crippen LogP contribution in [-0.4, -0.2) is 59.6 Å². The second-order valence-corrected chi connectivity index (χ2v) is 9.94. The molecular weight excluding hydrogens is 510 g/mol. The average Bonchev–Trinajstić information content (AvgIpc) is 3.56. The SMILES string of the molecule is COc1ccc2[nH]cc(CCNC(=O)C3=CC(c4cn(C(C)=O)c5ccccc45)CC(OCCCCO)O3)c2c1. The van der Waals surface area contributed by atoms with Gasteiger partial charge in [-0.05, 0) is 60.7 Å². The van der Waals surface area contributed by atoms with Crippen LogP contribution in [-0.2, 0) is 20.7 Å². The highest BCUT2D eigenvalue weighted by Crippen LogP contribution is 2.36. The Morgan fingerprint density at radius 2 is 2.02 bits per heavy atom. The fourth-order valence-corrected chi connectivity index (χ4v) is 5.21. The monoisotopic (exact) mass is 545 g/mol. The van der Waals surface area contributed by atoms with E-state index in [0.29, 0.717) is 38.8 Å². The number of para-hydroxylation sites is 1. The number of nitrogens with one attached hydrogen (secondary N) is 2. The topological polar surface area (TPSA) is 115 Å². The average molecular weight is 546 g/mol. The van der Waals surface area contributed by atoms with Crippen LogP contribution >= 0.6 is 0 Å². The predicted octanol–water partition coefficient (Wildman–Crippen LogP) is 4.65. The lowest BCUT2D eigenvalue weighted by molar-refractivity contribution is -0.146. The number of methoxy groups -OCH3 is 1. The summed E-state index contributed by atoms with van der Waals surface area (Å²) in [6, 6.07) is 13.6. The number of aliphatic hydroxyl groups is 1. The summed E-state index contributed by atoms with van der Waals surface area (Å²) in [6.45, 7) is 2.46. The maximum absolute atomic E-state index is 13.3. The lowest BCUT2D eigenvalue weighted by Gasteiger charge is -2.29. The van der Waals surface area contributed by atoms with Crippen LogP contribution < -0.4 is 10.1 Å². The van der Waals surface area contributed by atoms with Crippen molar-refractivity contribution in [3.05, 3.63) is 77.8 Å². The Hall–Kier alpha value is -4.08. The Bertz CT molecular complexity index is 1530.